The molecule has 0 bridgehead atoms. The molecule has 0 rings (SSSR count). The molecule has 0 aromatic rings. The fraction of sp³-hybridized carbons (Fsp3) is 0.429. The molecule has 68 valence electrons. The van der Waals surface area contributed by atoms with E-state index in [2.05, 4.69) is 4.99 Å². The lowest BCUT2D eigenvalue weighted by Crippen LogP contribution is -2.08. The Morgan fingerprint density at radius 3 is 2.33 bits per heavy atom. The van der Waals surface area contributed by atoms with Crippen LogP contribution < -0.4 is 0 Å². The largest absolute Gasteiger partial charge is 0.506 e. The zero-order valence-electron chi connectivity index (χ0n) is 6.71. The van der Waals surface area contributed by atoms with Gasteiger partial charge >= 0.3 is 0 Å². The molecule has 0 aromatic heterocycles. The first-order chi connectivity index (χ1) is 5.50. The van der Waals surface area contributed by atoms with Crippen LogP contribution in [0.15, 0.2) is 16.3 Å². The van der Waals surface area contributed by atoms with Crippen LogP contribution in [0.2, 0.25) is 0 Å². The Hall–Kier alpha value is -1.26. The Morgan fingerprint density at radius 2 is 2.08 bits per heavy atom. The number of hydrogen-bond acceptors (Lipinski definition) is 3. The lowest BCUT2D eigenvalue weighted by Gasteiger charge is -2.00. The molecule has 5 heteroatoms. The number of nitrogens with zero attached hydrogens (tertiary/aromatic N) is 1. The van der Waals surface area contributed by atoms with Gasteiger partial charge in [-0.1, -0.05) is 0 Å². The molecule has 0 aliphatic heterocycles. The maximum absolute atomic E-state index is 11.8. The molecule has 0 unspecified atom stereocenters. The van der Waals surface area contributed by atoms with Crippen molar-refractivity contribution < 1.29 is 18.7 Å². The highest BCUT2D eigenvalue weighted by Crippen LogP contribution is 2.10. The molecule has 0 radical (unpaired) electrons. The van der Waals surface area contributed by atoms with Crippen LogP contribution in [0.3, 0.4) is 0 Å². The number of rotatable bonds is 3. The van der Waals surface area contributed by atoms with Crippen molar-refractivity contribution in [3.8, 4) is 0 Å². The molecule has 0 spiro atoms. The number of carbonyl (C=O) groups excluding carboxylic acids is 1. The van der Waals surface area contributed by atoms with Gasteiger partial charge in [-0.2, -0.15) is 0 Å². The summed E-state index contributed by atoms with van der Waals surface area (Å²) < 4.78 is 23.7. The van der Waals surface area contributed by atoms with E-state index in [4.69, 9.17) is 5.11 Å². The standard InChI is InChI=1S/C7H9F2NO2/c1-4(11)5(3-10-2)6(12)7(8)9/h3,7,12H,1-2H3. The minimum absolute atomic E-state index is 0.451. The highest BCUT2D eigenvalue weighted by Gasteiger charge is 2.16. The van der Waals surface area contributed by atoms with E-state index in [-0.39, 0.29) is 0 Å². The van der Waals surface area contributed by atoms with E-state index in [0.717, 1.165) is 13.1 Å². The van der Waals surface area contributed by atoms with Gasteiger partial charge in [-0.25, -0.2) is 8.78 Å². The normalized spacial score (nSPS) is 13.8. The van der Waals surface area contributed by atoms with E-state index in [1.54, 1.807) is 0 Å². The van der Waals surface area contributed by atoms with Crippen LogP contribution in [0.1, 0.15) is 6.92 Å². The molecule has 0 atom stereocenters. The molecule has 0 fully saturated rings. The van der Waals surface area contributed by atoms with Crippen LogP contribution in [0.5, 0.6) is 0 Å². The predicted octanol–water partition coefficient (Wildman–Crippen LogP) is 1.35. The number of Topliss-reactive ketones (excluding diaryl/α,β-unsaturated/α-hetero) is 1. The van der Waals surface area contributed by atoms with Gasteiger partial charge in [0.05, 0.1) is 5.57 Å². The molecule has 0 heterocycles. The maximum atomic E-state index is 11.8. The van der Waals surface area contributed by atoms with E-state index in [9.17, 15) is 13.6 Å². The average Bonchev–Trinajstić information content (AvgIpc) is 1.98. The second-order valence-corrected chi connectivity index (χ2v) is 2.04. The number of alkyl halides is 2. The zero-order valence-corrected chi connectivity index (χ0v) is 6.71. The van der Waals surface area contributed by atoms with Crippen LogP contribution in [0, 0.1) is 0 Å². The van der Waals surface area contributed by atoms with Gasteiger partial charge < -0.3 is 5.11 Å². The molecule has 0 aliphatic carbocycles. The molecule has 3 nitrogen and oxygen atoms in total. The first-order valence-electron chi connectivity index (χ1n) is 3.15. The van der Waals surface area contributed by atoms with E-state index >= 15 is 0 Å². The maximum Gasteiger partial charge on any atom is 0.295 e. The van der Waals surface area contributed by atoms with Gasteiger partial charge in [0.25, 0.3) is 6.43 Å². The van der Waals surface area contributed by atoms with Crippen LogP contribution in [0.25, 0.3) is 0 Å². The van der Waals surface area contributed by atoms with E-state index in [1.807, 2.05) is 0 Å². The quantitative estimate of drug-likeness (QED) is 0.402. The highest BCUT2D eigenvalue weighted by atomic mass is 19.3. The Morgan fingerprint density at radius 1 is 1.58 bits per heavy atom. The molecule has 0 saturated carbocycles. The fourth-order valence-electron chi connectivity index (χ4n) is 0.584. The number of aliphatic hydroxyl groups is 1. The van der Waals surface area contributed by atoms with Crippen molar-refractivity contribution in [3.63, 3.8) is 0 Å². The number of ketones is 1. The molecular formula is C7H9F2NO2. The smallest absolute Gasteiger partial charge is 0.295 e. The molecule has 0 amide bonds. The molecule has 12 heavy (non-hydrogen) atoms. The monoisotopic (exact) mass is 177 g/mol. The Kier molecular flexibility index (Phi) is 4.10. The summed E-state index contributed by atoms with van der Waals surface area (Å²) in [6.07, 6.45) is -2.13. The number of aliphatic imine (C=N–C) groups is 1. The van der Waals surface area contributed by atoms with Gasteiger partial charge in [-0.05, 0) is 6.92 Å². The lowest BCUT2D eigenvalue weighted by atomic mass is 10.2. The zero-order chi connectivity index (χ0) is 9.72. The first-order valence-corrected chi connectivity index (χ1v) is 3.15. The summed E-state index contributed by atoms with van der Waals surface area (Å²) in [7, 11) is 1.32. The van der Waals surface area contributed by atoms with Crippen LogP contribution in [0.4, 0.5) is 8.78 Å². The van der Waals surface area contributed by atoms with Gasteiger partial charge in [-0.3, -0.25) is 9.79 Å². The van der Waals surface area contributed by atoms with E-state index < -0.39 is 23.5 Å². The second-order valence-electron chi connectivity index (χ2n) is 2.04. The third-order valence-corrected chi connectivity index (χ3v) is 1.12. The van der Waals surface area contributed by atoms with E-state index in [1.165, 1.54) is 7.05 Å². The summed E-state index contributed by atoms with van der Waals surface area (Å²) in [5, 5.41) is 8.71. The van der Waals surface area contributed by atoms with Crippen molar-refractivity contribution in [2.45, 2.75) is 13.3 Å². The van der Waals surface area contributed by atoms with Crippen molar-refractivity contribution >= 4 is 12.0 Å². The number of hydrogen-bond donors (Lipinski definition) is 1. The number of allylic oxidation sites excluding steroid dienone is 2. The molecule has 0 aliphatic rings. The first kappa shape index (κ1) is 10.7. The van der Waals surface area contributed by atoms with Gasteiger partial charge in [-0.15, -0.1) is 0 Å². The molecule has 0 aromatic carbocycles. The summed E-state index contributed by atoms with van der Waals surface area (Å²) in [6, 6.07) is 0. The predicted molar refractivity (Wildman–Crippen MR) is 40.8 cm³/mol. The molecule has 0 saturated heterocycles. The number of carbonyl (C=O) groups is 1. The Labute approximate surface area is 68.4 Å². The summed E-state index contributed by atoms with van der Waals surface area (Å²) in [4.78, 5) is 14.0. The average molecular weight is 177 g/mol. The molecule has 1 N–H and O–H groups in total. The van der Waals surface area contributed by atoms with Crippen molar-refractivity contribution in [3.05, 3.63) is 11.3 Å². The minimum atomic E-state index is -3.04. The topological polar surface area (TPSA) is 49.7 Å². The lowest BCUT2D eigenvalue weighted by molar-refractivity contribution is -0.113. The highest BCUT2D eigenvalue weighted by molar-refractivity contribution is 6.12. The fourth-order valence-corrected chi connectivity index (χ4v) is 0.584. The van der Waals surface area contributed by atoms with Crippen molar-refractivity contribution in [1.29, 1.82) is 0 Å². The summed E-state index contributed by atoms with van der Waals surface area (Å²) in [5.41, 5.74) is -0.451. The van der Waals surface area contributed by atoms with E-state index in [0.29, 0.717) is 0 Å². The summed E-state index contributed by atoms with van der Waals surface area (Å²) in [6.45, 7) is 1.08. The molecular weight excluding hydrogens is 168 g/mol. The van der Waals surface area contributed by atoms with Gasteiger partial charge in [0.1, 0.15) is 0 Å². The van der Waals surface area contributed by atoms with Gasteiger partial charge in [0.15, 0.2) is 11.5 Å². The van der Waals surface area contributed by atoms with Crippen molar-refractivity contribution in [1.82, 2.24) is 0 Å². The third kappa shape index (κ3) is 2.77. The van der Waals surface area contributed by atoms with Crippen molar-refractivity contribution in [2.75, 3.05) is 7.05 Å². The van der Waals surface area contributed by atoms with Crippen LogP contribution in [-0.4, -0.2) is 30.6 Å². The van der Waals surface area contributed by atoms with Gasteiger partial charge in [0.2, 0.25) is 0 Å². The minimum Gasteiger partial charge on any atom is -0.506 e. The summed E-state index contributed by atoms with van der Waals surface area (Å²) >= 11 is 0. The summed E-state index contributed by atoms with van der Waals surface area (Å²) in [5.74, 6) is -1.87. The number of aliphatic hydroxyl groups excluding tert-OH is 1. The third-order valence-electron chi connectivity index (χ3n) is 1.12. The van der Waals surface area contributed by atoms with Crippen LogP contribution >= 0.6 is 0 Å². The van der Waals surface area contributed by atoms with Crippen molar-refractivity contribution in [2.24, 2.45) is 4.99 Å². The Balaban J connectivity index is 4.93. The Bertz CT molecular complexity index is 234. The van der Waals surface area contributed by atoms with Gasteiger partial charge in [0, 0.05) is 13.3 Å². The number of halogens is 2. The van der Waals surface area contributed by atoms with Crippen LogP contribution in [-0.2, 0) is 4.79 Å². The second kappa shape index (κ2) is 4.58. The SMILES string of the molecule is CN=CC(C(C)=O)=C(O)C(F)F.